The number of nitrogens with one attached hydrogen (secondary N) is 2. The second-order valence-corrected chi connectivity index (χ2v) is 10.2. The summed E-state index contributed by atoms with van der Waals surface area (Å²) in [5.74, 6) is 0.265. The van der Waals surface area contributed by atoms with Gasteiger partial charge in [0.1, 0.15) is 4.21 Å². The van der Waals surface area contributed by atoms with Crippen molar-refractivity contribution in [1.82, 2.24) is 15.0 Å². The third kappa shape index (κ3) is 4.23. The van der Waals surface area contributed by atoms with E-state index >= 15 is 0 Å². The first-order chi connectivity index (χ1) is 13.0. The first kappa shape index (κ1) is 20.4. The van der Waals surface area contributed by atoms with Crippen molar-refractivity contribution >= 4 is 38.6 Å². The first-order valence-electron chi connectivity index (χ1n) is 9.16. The fourth-order valence-electron chi connectivity index (χ4n) is 4.15. The number of pyridine rings is 1. The first-order valence-corrected chi connectivity index (χ1v) is 11.9. The van der Waals surface area contributed by atoms with Crippen molar-refractivity contribution in [2.24, 2.45) is 5.92 Å². The Balaban J connectivity index is 1.80. The molecule has 2 heterocycles. The molecule has 2 aromatic rings. The van der Waals surface area contributed by atoms with Gasteiger partial charge in [-0.05, 0) is 48.3 Å². The van der Waals surface area contributed by atoms with E-state index < -0.39 is 10.0 Å². The summed E-state index contributed by atoms with van der Waals surface area (Å²) < 4.78 is 27.9. The molecule has 2 N–H and O–H groups in total. The van der Waals surface area contributed by atoms with Gasteiger partial charge in [-0.1, -0.05) is 37.2 Å². The predicted molar refractivity (Wildman–Crippen MR) is 114 cm³/mol. The normalized spacial score (nSPS) is 23.1. The number of rotatable bonds is 7. The highest BCUT2D eigenvalue weighted by molar-refractivity contribution is 7.91. The van der Waals surface area contributed by atoms with Gasteiger partial charge < -0.3 is 5.32 Å². The van der Waals surface area contributed by atoms with Crippen molar-refractivity contribution in [2.45, 2.75) is 41.7 Å². The summed E-state index contributed by atoms with van der Waals surface area (Å²) in [5, 5.41) is 4.97. The fraction of sp³-hybridized carbons (Fsp3) is 0.474. The van der Waals surface area contributed by atoms with E-state index in [-0.39, 0.29) is 11.3 Å². The van der Waals surface area contributed by atoms with Crippen LogP contribution in [0.2, 0.25) is 0 Å². The molecule has 0 aromatic carbocycles. The summed E-state index contributed by atoms with van der Waals surface area (Å²) in [6, 6.07) is 7.41. The number of hydrogen-bond donors (Lipinski definition) is 2. The van der Waals surface area contributed by atoms with Crippen LogP contribution in [0.1, 0.15) is 37.7 Å². The van der Waals surface area contributed by atoms with Gasteiger partial charge in [-0.3, -0.25) is 4.98 Å². The van der Waals surface area contributed by atoms with Gasteiger partial charge in [0.05, 0.1) is 4.99 Å². The largest absolute Gasteiger partial charge is 0.382 e. The number of nitrogens with zero attached hydrogens (tertiary/aromatic N) is 1. The van der Waals surface area contributed by atoms with Crippen LogP contribution in [0.15, 0.2) is 46.2 Å². The van der Waals surface area contributed by atoms with Gasteiger partial charge >= 0.3 is 0 Å². The van der Waals surface area contributed by atoms with Crippen LogP contribution in [-0.2, 0) is 15.4 Å². The Kier molecular flexibility index (Phi) is 6.62. The molecule has 0 spiro atoms. The molecule has 2 atom stereocenters. The molecular formula is C19H25N3O2S3. The molecule has 2 aromatic heterocycles. The summed E-state index contributed by atoms with van der Waals surface area (Å²) in [5.41, 5.74) is 0.834. The highest BCUT2D eigenvalue weighted by Crippen LogP contribution is 2.46. The Bertz CT molecular complexity index is 854. The molecule has 8 heteroatoms. The Morgan fingerprint density at radius 1 is 1.37 bits per heavy atom. The third-order valence-corrected chi connectivity index (χ3v) is 8.85. The number of thiophene rings is 1. The molecule has 1 aliphatic carbocycles. The second-order valence-electron chi connectivity index (χ2n) is 6.85. The smallest absolute Gasteiger partial charge is 0.250 e. The van der Waals surface area contributed by atoms with Gasteiger partial charge in [0.2, 0.25) is 10.0 Å². The molecule has 1 saturated carbocycles. The Labute approximate surface area is 170 Å². The monoisotopic (exact) mass is 423 g/mol. The van der Waals surface area contributed by atoms with E-state index in [0.717, 1.165) is 42.7 Å². The lowest BCUT2D eigenvalue weighted by Crippen LogP contribution is -2.50. The van der Waals surface area contributed by atoms with Crippen molar-refractivity contribution in [2.75, 3.05) is 13.6 Å². The van der Waals surface area contributed by atoms with Gasteiger partial charge in [-0.25, -0.2) is 13.1 Å². The standard InChI is InChI=1S/C19H25N3O2S3/c1-20-18(25)19(16-7-4-11-21-14-16)10-3-2-6-15(19)9-12-22-27(23,24)17-8-5-13-26-17/h4-5,7-8,11,13-15,22H,2-3,6,9-10,12H2,1H3,(H,20,25). The van der Waals surface area contributed by atoms with Crippen molar-refractivity contribution in [1.29, 1.82) is 0 Å². The molecule has 1 aliphatic rings. The van der Waals surface area contributed by atoms with E-state index in [2.05, 4.69) is 21.1 Å². The van der Waals surface area contributed by atoms with Crippen LogP contribution in [0.25, 0.3) is 0 Å². The maximum atomic E-state index is 12.4. The lowest BCUT2D eigenvalue weighted by Gasteiger charge is -2.45. The quantitative estimate of drug-likeness (QED) is 0.667. The van der Waals surface area contributed by atoms with Gasteiger partial charge in [0.15, 0.2) is 0 Å². The molecular weight excluding hydrogens is 398 g/mol. The minimum atomic E-state index is -3.44. The molecule has 5 nitrogen and oxygen atoms in total. The number of aromatic nitrogens is 1. The molecule has 3 rings (SSSR count). The second kappa shape index (κ2) is 8.77. The lowest BCUT2D eigenvalue weighted by atomic mass is 9.61. The predicted octanol–water partition coefficient (Wildman–Crippen LogP) is 3.49. The van der Waals surface area contributed by atoms with E-state index in [1.165, 1.54) is 11.3 Å². The molecule has 0 bridgehead atoms. The average Bonchev–Trinajstić information content (AvgIpc) is 3.24. The van der Waals surface area contributed by atoms with Crippen LogP contribution < -0.4 is 10.0 Å². The average molecular weight is 424 g/mol. The van der Waals surface area contributed by atoms with Crippen LogP contribution in [-0.4, -0.2) is 32.0 Å². The molecule has 2 unspecified atom stereocenters. The van der Waals surface area contributed by atoms with Crippen LogP contribution in [0.3, 0.4) is 0 Å². The number of likely N-dealkylation sites (N-methyl/N-ethyl adjacent to an activating group) is 1. The maximum absolute atomic E-state index is 12.4. The summed E-state index contributed by atoms with van der Waals surface area (Å²) in [6.07, 6.45) is 8.63. The topological polar surface area (TPSA) is 71.1 Å². The van der Waals surface area contributed by atoms with Crippen LogP contribution in [0, 0.1) is 5.92 Å². The van der Waals surface area contributed by atoms with Gasteiger partial charge in [0.25, 0.3) is 0 Å². The van der Waals surface area contributed by atoms with E-state index in [1.807, 2.05) is 19.3 Å². The van der Waals surface area contributed by atoms with Crippen LogP contribution >= 0.6 is 23.6 Å². The zero-order chi connectivity index (χ0) is 19.3. The Morgan fingerprint density at radius 2 is 2.22 bits per heavy atom. The maximum Gasteiger partial charge on any atom is 0.250 e. The van der Waals surface area contributed by atoms with Crippen molar-refractivity contribution in [3.8, 4) is 0 Å². The van der Waals surface area contributed by atoms with Crippen molar-refractivity contribution in [3.05, 3.63) is 47.6 Å². The lowest BCUT2D eigenvalue weighted by molar-refractivity contribution is 0.239. The molecule has 27 heavy (non-hydrogen) atoms. The highest BCUT2D eigenvalue weighted by atomic mass is 32.2. The van der Waals surface area contributed by atoms with Crippen LogP contribution in [0.4, 0.5) is 0 Å². The van der Waals surface area contributed by atoms with Gasteiger partial charge in [-0.15, -0.1) is 11.3 Å². The van der Waals surface area contributed by atoms with E-state index in [4.69, 9.17) is 12.2 Å². The fourth-order valence-corrected chi connectivity index (χ4v) is 6.62. The zero-order valence-corrected chi connectivity index (χ0v) is 17.8. The van der Waals surface area contributed by atoms with Crippen molar-refractivity contribution < 1.29 is 8.42 Å². The molecule has 0 amide bonds. The summed E-state index contributed by atoms with van der Waals surface area (Å²) >= 11 is 6.99. The highest BCUT2D eigenvalue weighted by Gasteiger charge is 2.45. The summed E-state index contributed by atoms with van der Waals surface area (Å²) in [7, 11) is -1.57. The molecule has 0 saturated heterocycles. The Hall–Kier alpha value is -1.35. The number of thiocarbonyl (C=S) groups is 1. The van der Waals surface area contributed by atoms with E-state index in [0.29, 0.717) is 10.8 Å². The van der Waals surface area contributed by atoms with Gasteiger partial charge in [0, 0.05) is 31.4 Å². The zero-order valence-electron chi connectivity index (χ0n) is 15.3. The SMILES string of the molecule is CNC(=S)C1(c2cccnc2)CCCCC1CCNS(=O)(=O)c1cccs1. The minimum Gasteiger partial charge on any atom is -0.382 e. The van der Waals surface area contributed by atoms with E-state index in [9.17, 15) is 8.42 Å². The number of sulfonamides is 1. The molecule has 146 valence electrons. The Morgan fingerprint density at radius 3 is 2.89 bits per heavy atom. The van der Waals surface area contributed by atoms with Gasteiger partial charge in [-0.2, -0.15) is 0 Å². The summed E-state index contributed by atoms with van der Waals surface area (Å²) in [6.45, 7) is 0.402. The summed E-state index contributed by atoms with van der Waals surface area (Å²) in [4.78, 5) is 5.13. The molecule has 1 fully saturated rings. The molecule has 0 radical (unpaired) electrons. The number of hydrogen-bond acceptors (Lipinski definition) is 5. The minimum absolute atomic E-state index is 0.265. The van der Waals surface area contributed by atoms with E-state index in [1.54, 1.807) is 23.7 Å². The van der Waals surface area contributed by atoms with Crippen LogP contribution in [0.5, 0.6) is 0 Å². The third-order valence-electron chi connectivity index (χ3n) is 5.42. The molecule has 0 aliphatic heterocycles. The van der Waals surface area contributed by atoms with Crippen molar-refractivity contribution in [3.63, 3.8) is 0 Å².